The van der Waals surface area contributed by atoms with Crippen molar-refractivity contribution in [1.29, 1.82) is 0 Å². The second kappa shape index (κ2) is 4.91. The molecule has 18 heavy (non-hydrogen) atoms. The molecule has 0 spiro atoms. The molecule has 0 amide bonds. The predicted molar refractivity (Wildman–Crippen MR) is 68.0 cm³/mol. The molecule has 0 aliphatic carbocycles. The van der Waals surface area contributed by atoms with Crippen LogP contribution in [0.5, 0.6) is 0 Å². The van der Waals surface area contributed by atoms with Gasteiger partial charge in [0.15, 0.2) is 0 Å². The number of benzene rings is 1. The lowest BCUT2D eigenvalue weighted by molar-refractivity contribution is -0.136. The minimum atomic E-state index is -0.974. The van der Waals surface area contributed by atoms with Crippen LogP contribution in [-0.2, 0) is 11.2 Å². The Morgan fingerprint density at radius 1 is 1.39 bits per heavy atom. The standard InChI is InChI=1S/C13H13NO4/c1-2-14-9-3-4-10-8(5-12(15)16)6-13(17)18-11(10)7-9/h3-4,6-7,14H,2,5H2,1H3,(H,15,16). The molecule has 5 heteroatoms. The fourth-order valence-corrected chi connectivity index (χ4v) is 1.85. The van der Waals surface area contributed by atoms with Gasteiger partial charge in [-0.25, -0.2) is 4.79 Å². The molecule has 5 nitrogen and oxygen atoms in total. The van der Waals surface area contributed by atoms with E-state index in [4.69, 9.17) is 9.52 Å². The quantitative estimate of drug-likeness (QED) is 0.806. The van der Waals surface area contributed by atoms with Crippen molar-refractivity contribution in [3.05, 3.63) is 40.2 Å². The van der Waals surface area contributed by atoms with Gasteiger partial charge in [-0.1, -0.05) is 0 Å². The van der Waals surface area contributed by atoms with Crippen LogP contribution in [-0.4, -0.2) is 17.6 Å². The Balaban J connectivity index is 2.59. The molecule has 2 rings (SSSR count). The number of fused-ring (bicyclic) bond motifs is 1. The van der Waals surface area contributed by atoms with Crippen LogP contribution >= 0.6 is 0 Å². The number of carboxylic acids is 1. The number of hydrogen-bond donors (Lipinski definition) is 2. The molecule has 0 atom stereocenters. The number of anilines is 1. The summed E-state index contributed by atoms with van der Waals surface area (Å²) in [5.41, 5.74) is 1.17. The first kappa shape index (κ1) is 12.2. The Hall–Kier alpha value is -2.30. The number of rotatable bonds is 4. The number of carboxylic acid groups (broad SMARTS) is 1. The van der Waals surface area contributed by atoms with Crippen LogP contribution in [0, 0.1) is 0 Å². The zero-order valence-corrected chi connectivity index (χ0v) is 9.90. The molecule has 1 aromatic heterocycles. The van der Waals surface area contributed by atoms with Crippen LogP contribution in [0.1, 0.15) is 12.5 Å². The number of nitrogens with one attached hydrogen (secondary N) is 1. The highest BCUT2D eigenvalue weighted by molar-refractivity contribution is 5.86. The molecule has 0 aliphatic heterocycles. The summed E-state index contributed by atoms with van der Waals surface area (Å²) in [6.45, 7) is 2.71. The van der Waals surface area contributed by atoms with Crippen LogP contribution in [0.2, 0.25) is 0 Å². The normalized spacial score (nSPS) is 10.5. The SMILES string of the molecule is CCNc1ccc2c(CC(=O)O)cc(=O)oc2c1. The zero-order valence-electron chi connectivity index (χ0n) is 9.90. The fraction of sp³-hybridized carbons (Fsp3) is 0.231. The van der Waals surface area contributed by atoms with Gasteiger partial charge in [-0.3, -0.25) is 4.79 Å². The minimum absolute atomic E-state index is 0.192. The maximum atomic E-state index is 11.4. The Kier molecular flexibility index (Phi) is 3.32. The van der Waals surface area contributed by atoms with Gasteiger partial charge in [-0.05, 0) is 24.6 Å². The van der Waals surface area contributed by atoms with Gasteiger partial charge in [0, 0.05) is 29.8 Å². The van der Waals surface area contributed by atoms with E-state index in [9.17, 15) is 9.59 Å². The molecule has 0 saturated heterocycles. The Morgan fingerprint density at radius 2 is 2.17 bits per heavy atom. The van der Waals surface area contributed by atoms with Crippen molar-refractivity contribution in [1.82, 2.24) is 0 Å². The van der Waals surface area contributed by atoms with Crippen molar-refractivity contribution in [3.8, 4) is 0 Å². The van der Waals surface area contributed by atoms with Gasteiger partial charge in [0.2, 0.25) is 0 Å². The first-order valence-corrected chi connectivity index (χ1v) is 5.62. The third kappa shape index (κ3) is 2.51. The highest BCUT2D eigenvalue weighted by Gasteiger charge is 2.09. The van der Waals surface area contributed by atoms with E-state index in [1.165, 1.54) is 6.07 Å². The second-order valence-electron chi connectivity index (χ2n) is 3.90. The second-order valence-corrected chi connectivity index (χ2v) is 3.90. The smallest absolute Gasteiger partial charge is 0.336 e. The Bertz CT molecular complexity index is 645. The molecule has 0 bridgehead atoms. The molecule has 94 valence electrons. The molecule has 0 fully saturated rings. The Labute approximate surface area is 103 Å². The van der Waals surface area contributed by atoms with Gasteiger partial charge >= 0.3 is 11.6 Å². The van der Waals surface area contributed by atoms with Gasteiger partial charge in [0.05, 0.1) is 6.42 Å². The summed E-state index contributed by atoms with van der Waals surface area (Å²) < 4.78 is 5.08. The summed E-state index contributed by atoms with van der Waals surface area (Å²) in [4.78, 5) is 22.1. The number of carbonyl (C=O) groups is 1. The van der Waals surface area contributed by atoms with Gasteiger partial charge in [-0.15, -0.1) is 0 Å². The van der Waals surface area contributed by atoms with E-state index < -0.39 is 11.6 Å². The lowest BCUT2D eigenvalue weighted by atomic mass is 10.1. The van der Waals surface area contributed by atoms with E-state index in [1.54, 1.807) is 12.1 Å². The average molecular weight is 247 g/mol. The topological polar surface area (TPSA) is 79.5 Å². The van der Waals surface area contributed by atoms with Gasteiger partial charge in [0.1, 0.15) is 5.58 Å². The summed E-state index contributed by atoms with van der Waals surface area (Å²) in [6.07, 6.45) is -0.192. The van der Waals surface area contributed by atoms with E-state index in [0.29, 0.717) is 16.5 Å². The number of aliphatic carboxylic acids is 1. The molecule has 1 heterocycles. The van der Waals surface area contributed by atoms with E-state index in [2.05, 4.69) is 5.32 Å². The molecule has 0 saturated carbocycles. The lowest BCUT2D eigenvalue weighted by Gasteiger charge is -2.06. The first-order chi connectivity index (χ1) is 8.60. The fourth-order valence-electron chi connectivity index (χ4n) is 1.85. The van der Waals surface area contributed by atoms with Crippen molar-refractivity contribution in [2.75, 3.05) is 11.9 Å². The third-order valence-corrected chi connectivity index (χ3v) is 2.55. The summed E-state index contributed by atoms with van der Waals surface area (Å²) in [7, 11) is 0. The molecule has 2 aromatic rings. The highest BCUT2D eigenvalue weighted by atomic mass is 16.4. The van der Waals surface area contributed by atoms with Crippen LogP contribution in [0.15, 0.2) is 33.5 Å². The molecule has 1 aromatic carbocycles. The summed E-state index contributed by atoms with van der Waals surface area (Å²) in [6, 6.07) is 6.51. The summed E-state index contributed by atoms with van der Waals surface area (Å²) in [5.74, 6) is -0.974. The maximum Gasteiger partial charge on any atom is 0.336 e. The first-order valence-electron chi connectivity index (χ1n) is 5.62. The van der Waals surface area contributed by atoms with E-state index in [-0.39, 0.29) is 6.42 Å². The van der Waals surface area contributed by atoms with Crippen molar-refractivity contribution in [3.63, 3.8) is 0 Å². The largest absolute Gasteiger partial charge is 0.481 e. The summed E-state index contributed by atoms with van der Waals surface area (Å²) >= 11 is 0. The van der Waals surface area contributed by atoms with Crippen molar-refractivity contribution in [2.24, 2.45) is 0 Å². The van der Waals surface area contributed by atoms with Gasteiger partial charge in [-0.2, -0.15) is 0 Å². The van der Waals surface area contributed by atoms with E-state index in [1.807, 2.05) is 13.0 Å². The van der Waals surface area contributed by atoms with Gasteiger partial charge < -0.3 is 14.8 Å². The number of hydrogen-bond acceptors (Lipinski definition) is 4. The van der Waals surface area contributed by atoms with Crippen LogP contribution < -0.4 is 10.9 Å². The maximum absolute atomic E-state index is 11.4. The third-order valence-electron chi connectivity index (χ3n) is 2.55. The predicted octanol–water partition coefficient (Wildman–Crippen LogP) is 1.85. The minimum Gasteiger partial charge on any atom is -0.481 e. The molecular weight excluding hydrogens is 234 g/mol. The molecule has 0 unspecified atom stereocenters. The van der Waals surface area contributed by atoms with Crippen molar-refractivity contribution < 1.29 is 14.3 Å². The van der Waals surface area contributed by atoms with E-state index >= 15 is 0 Å². The highest BCUT2D eigenvalue weighted by Crippen LogP contribution is 2.21. The van der Waals surface area contributed by atoms with E-state index in [0.717, 1.165) is 12.2 Å². The lowest BCUT2D eigenvalue weighted by Crippen LogP contribution is -2.06. The van der Waals surface area contributed by atoms with Gasteiger partial charge in [0.25, 0.3) is 0 Å². The van der Waals surface area contributed by atoms with Crippen molar-refractivity contribution >= 4 is 22.6 Å². The molecule has 0 radical (unpaired) electrons. The Morgan fingerprint density at radius 3 is 2.83 bits per heavy atom. The molecule has 0 aliphatic rings. The molecule has 2 N–H and O–H groups in total. The molecular formula is C13H13NO4. The monoisotopic (exact) mass is 247 g/mol. The van der Waals surface area contributed by atoms with Crippen LogP contribution in [0.3, 0.4) is 0 Å². The van der Waals surface area contributed by atoms with Crippen LogP contribution in [0.4, 0.5) is 5.69 Å². The zero-order chi connectivity index (χ0) is 13.1. The van der Waals surface area contributed by atoms with Crippen LogP contribution in [0.25, 0.3) is 11.0 Å². The summed E-state index contributed by atoms with van der Waals surface area (Å²) in [5, 5.41) is 12.6. The van der Waals surface area contributed by atoms with Crippen molar-refractivity contribution in [2.45, 2.75) is 13.3 Å². The average Bonchev–Trinajstić information content (AvgIpc) is 2.27.